The fourth-order valence-electron chi connectivity index (χ4n) is 3.01. The van der Waals surface area contributed by atoms with Crippen molar-refractivity contribution >= 4 is 5.97 Å². The van der Waals surface area contributed by atoms with E-state index in [-0.39, 0.29) is 11.4 Å². The number of ether oxygens (including phenoxy) is 1. The highest BCUT2D eigenvalue weighted by atomic mass is 16.5. The molecule has 0 amide bonds. The molecule has 1 aromatic carbocycles. The second-order valence-corrected chi connectivity index (χ2v) is 6.14. The first kappa shape index (κ1) is 14.8. The molecule has 0 saturated heterocycles. The van der Waals surface area contributed by atoms with Crippen LogP contribution < -0.4 is 0 Å². The first-order valence-electron chi connectivity index (χ1n) is 7.42. The molecule has 0 spiro atoms. The van der Waals surface area contributed by atoms with Gasteiger partial charge in [0.15, 0.2) is 0 Å². The fraction of sp³-hybridized carbons (Fsp3) is 0.500. The van der Waals surface area contributed by atoms with Crippen LogP contribution in [0.25, 0.3) is 0 Å². The van der Waals surface area contributed by atoms with Crippen LogP contribution in [0.3, 0.4) is 0 Å². The van der Waals surface area contributed by atoms with Gasteiger partial charge in [0, 0.05) is 11.5 Å². The Bertz CT molecular complexity index is 465. The number of aryl methyl sites for hydroxylation is 1. The maximum atomic E-state index is 11.4. The zero-order valence-electron chi connectivity index (χ0n) is 12.5. The van der Waals surface area contributed by atoms with Gasteiger partial charge in [0.1, 0.15) is 6.61 Å². The molecule has 1 aliphatic carbocycles. The summed E-state index contributed by atoms with van der Waals surface area (Å²) in [6.45, 7) is 8.33. The van der Waals surface area contributed by atoms with Crippen LogP contribution in [0.1, 0.15) is 43.7 Å². The monoisotopic (exact) mass is 272 g/mol. The normalized spacial score (nSPS) is 26.0. The zero-order valence-corrected chi connectivity index (χ0v) is 12.5. The average Bonchev–Trinajstić information content (AvgIpc) is 2.47. The van der Waals surface area contributed by atoms with E-state index in [4.69, 9.17) is 4.74 Å². The minimum absolute atomic E-state index is 0.0150. The van der Waals surface area contributed by atoms with Gasteiger partial charge in [0.05, 0.1) is 0 Å². The quantitative estimate of drug-likeness (QED) is 0.607. The maximum Gasteiger partial charge on any atom is 0.330 e. The van der Waals surface area contributed by atoms with Crippen molar-refractivity contribution < 1.29 is 9.53 Å². The van der Waals surface area contributed by atoms with Crippen molar-refractivity contribution in [3.05, 3.63) is 48.0 Å². The van der Waals surface area contributed by atoms with E-state index >= 15 is 0 Å². The van der Waals surface area contributed by atoms with Crippen molar-refractivity contribution in [1.82, 2.24) is 0 Å². The van der Waals surface area contributed by atoms with Gasteiger partial charge in [0.2, 0.25) is 0 Å². The molecule has 108 valence electrons. The molecule has 1 saturated carbocycles. The number of benzene rings is 1. The highest BCUT2D eigenvalue weighted by molar-refractivity contribution is 5.81. The van der Waals surface area contributed by atoms with Crippen molar-refractivity contribution in [1.29, 1.82) is 0 Å². The largest absolute Gasteiger partial charge is 0.462 e. The summed E-state index contributed by atoms with van der Waals surface area (Å²) in [5, 5.41) is 0. The van der Waals surface area contributed by atoms with Crippen molar-refractivity contribution in [3.8, 4) is 0 Å². The van der Waals surface area contributed by atoms with Gasteiger partial charge in [-0.2, -0.15) is 0 Å². The molecule has 20 heavy (non-hydrogen) atoms. The number of carbonyl (C=O) groups is 1. The van der Waals surface area contributed by atoms with Gasteiger partial charge in [-0.15, -0.1) is 0 Å². The summed E-state index contributed by atoms with van der Waals surface area (Å²) >= 11 is 0. The molecular weight excluding hydrogens is 248 g/mol. The Morgan fingerprint density at radius 2 is 1.95 bits per heavy atom. The minimum atomic E-state index is -0.324. The van der Waals surface area contributed by atoms with Gasteiger partial charge in [-0.3, -0.25) is 0 Å². The number of esters is 1. The lowest BCUT2D eigenvalue weighted by molar-refractivity contribution is -0.140. The third-order valence-corrected chi connectivity index (χ3v) is 4.55. The Kier molecular flexibility index (Phi) is 4.64. The van der Waals surface area contributed by atoms with Gasteiger partial charge in [-0.25, -0.2) is 4.79 Å². The van der Waals surface area contributed by atoms with E-state index in [9.17, 15) is 4.79 Å². The van der Waals surface area contributed by atoms with Gasteiger partial charge < -0.3 is 4.74 Å². The summed E-state index contributed by atoms with van der Waals surface area (Å²) in [6, 6.07) is 8.66. The van der Waals surface area contributed by atoms with Crippen LogP contribution >= 0.6 is 0 Å². The molecule has 1 fully saturated rings. The molecule has 0 atom stereocenters. The maximum absolute atomic E-state index is 11.4. The van der Waals surface area contributed by atoms with E-state index in [1.54, 1.807) is 0 Å². The van der Waals surface area contributed by atoms with Gasteiger partial charge in [-0.05, 0) is 44.1 Å². The number of hydrogen-bond donors (Lipinski definition) is 0. The Morgan fingerprint density at radius 3 is 2.50 bits per heavy atom. The van der Waals surface area contributed by atoms with Crippen LogP contribution in [0.15, 0.2) is 36.9 Å². The lowest BCUT2D eigenvalue weighted by atomic mass is 9.67. The summed E-state index contributed by atoms with van der Waals surface area (Å²) < 4.78 is 5.40. The van der Waals surface area contributed by atoms with Gasteiger partial charge in [-0.1, -0.05) is 43.3 Å². The standard InChI is InChI=1S/C18H24O2/c1-4-17(19)20-13-18(11-9-15(3)10-12-18)16-7-5-14(2)6-8-16/h4-8,15H,1,9-13H2,2-3H3. The molecule has 1 aromatic rings. The highest BCUT2D eigenvalue weighted by Gasteiger charge is 2.37. The van der Waals surface area contributed by atoms with Crippen LogP contribution in [-0.2, 0) is 14.9 Å². The van der Waals surface area contributed by atoms with E-state index in [1.807, 2.05) is 0 Å². The van der Waals surface area contributed by atoms with Crippen molar-refractivity contribution in [2.24, 2.45) is 5.92 Å². The van der Waals surface area contributed by atoms with E-state index in [0.717, 1.165) is 18.8 Å². The molecule has 1 aliphatic rings. The van der Waals surface area contributed by atoms with E-state index in [0.29, 0.717) is 6.61 Å². The highest BCUT2D eigenvalue weighted by Crippen LogP contribution is 2.41. The van der Waals surface area contributed by atoms with Crippen LogP contribution in [0, 0.1) is 12.8 Å². The fourth-order valence-corrected chi connectivity index (χ4v) is 3.01. The summed E-state index contributed by atoms with van der Waals surface area (Å²) in [7, 11) is 0. The zero-order chi connectivity index (χ0) is 14.6. The van der Waals surface area contributed by atoms with E-state index < -0.39 is 0 Å². The number of hydrogen-bond acceptors (Lipinski definition) is 2. The second kappa shape index (κ2) is 6.25. The SMILES string of the molecule is C=CC(=O)OCC1(c2ccc(C)cc2)CCC(C)CC1. The molecule has 0 radical (unpaired) electrons. The van der Waals surface area contributed by atoms with Crippen molar-refractivity contribution in [2.45, 2.75) is 44.9 Å². The molecule has 0 unspecified atom stereocenters. The average molecular weight is 272 g/mol. The Morgan fingerprint density at radius 1 is 1.35 bits per heavy atom. The lowest BCUT2D eigenvalue weighted by Crippen LogP contribution is -2.36. The first-order valence-corrected chi connectivity index (χ1v) is 7.42. The first-order chi connectivity index (χ1) is 9.55. The van der Waals surface area contributed by atoms with Crippen LogP contribution in [0.5, 0.6) is 0 Å². The topological polar surface area (TPSA) is 26.3 Å². The Labute approximate surface area is 121 Å². The van der Waals surface area contributed by atoms with Crippen molar-refractivity contribution in [3.63, 3.8) is 0 Å². The molecule has 0 N–H and O–H groups in total. The van der Waals surface area contributed by atoms with Crippen LogP contribution in [0.2, 0.25) is 0 Å². The van der Waals surface area contributed by atoms with Crippen molar-refractivity contribution in [2.75, 3.05) is 6.61 Å². The number of rotatable bonds is 4. The molecule has 0 aliphatic heterocycles. The third-order valence-electron chi connectivity index (χ3n) is 4.55. The summed E-state index contributed by atoms with van der Waals surface area (Å²) in [6.07, 6.45) is 5.80. The predicted molar refractivity (Wildman–Crippen MR) is 81.6 cm³/mol. The molecule has 0 bridgehead atoms. The second-order valence-electron chi connectivity index (χ2n) is 6.14. The van der Waals surface area contributed by atoms with Gasteiger partial charge in [0.25, 0.3) is 0 Å². The summed E-state index contributed by atoms with van der Waals surface area (Å²) in [4.78, 5) is 11.4. The smallest absolute Gasteiger partial charge is 0.330 e. The van der Waals surface area contributed by atoms with Crippen LogP contribution in [-0.4, -0.2) is 12.6 Å². The molecular formula is C18H24O2. The summed E-state index contributed by atoms with van der Waals surface area (Å²) in [5.74, 6) is 0.443. The number of carbonyl (C=O) groups excluding carboxylic acids is 1. The van der Waals surface area contributed by atoms with Crippen LogP contribution in [0.4, 0.5) is 0 Å². The molecule has 2 rings (SSSR count). The molecule has 2 nitrogen and oxygen atoms in total. The third kappa shape index (κ3) is 3.30. The van der Waals surface area contributed by atoms with Gasteiger partial charge >= 0.3 is 5.97 Å². The summed E-state index contributed by atoms with van der Waals surface area (Å²) in [5.41, 5.74) is 2.54. The molecule has 2 heteroatoms. The van der Waals surface area contributed by atoms with E-state index in [1.165, 1.54) is 30.0 Å². The van der Waals surface area contributed by atoms with E-state index in [2.05, 4.69) is 44.7 Å². The lowest BCUT2D eigenvalue weighted by Gasteiger charge is -2.39. The minimum Gasteiger partial charge on any atom is -0.462 e. The molecule has 0 heterocycles. The Balaban J connectivity index is 2.21. The molecule has 0 aromatic heterocycles. The Hall–Kier alpha value is -1.57. The predicted octanol–water partition coefficient (Wildman–Crippen LogP) is 4.17.